The normalized spacial score (nSPS) is 17.2. The number of benzene rings is 6. The molecule has 4 atom stereocenters. The fourth-order valence-corrected chi connectivity index (χ4v) is 10.8. The van der Waals surface area contributed by atoms with Crippen LogP contribution >= 0.6 is 47.3 Å². The van der Waals surface area contributed by atoms with Crippen LogP contribution < -0.4 is 9.47 Å². The Labute approximate surface area is 352 Å². The molecule has 0 radical (unpaired) electrons. The number of halogens is 4. The largest absolute Gasteiger partial charge is 0.454 e. The van der Waals surface area contributed by atoms with Gasteiger partial charge in [-0.25, -0.2) is 12.4 Å². The molecule has 3 nitrogen and oxygen atoms in total. The monoisotopic (exact) mass is 838 g/mol. The molecule has 0 bridgehead atoms. The fraction of sp³-hybridized carbons (Fsp3) is 0.250. The van der Waals surface area contributed by atoms with Gasteiger partial charge in [0.2, 0.25) is 0 Å². The Bertz CT molecular complexity index is 2130. The maximum Gasteiger partial charge on any atom is 0.165 e. The van der Waals surface area contributed by atoms with Gasteiger partial charge in [0.1, 0.15) is 11.5 Å². The van der Waals surface area contributed by atoms with Gasteiger partial charge in [0.25, 0.3) is 0 Å². The number of rotatable bonds is 16. The molecule has 0 aromatic heterocycles. The van der Waals surface area contributed by atoms with Crippen LogP contribution in [0, 0.1) is 23.5 Å². The summed E-state index contributed by atoms with van der Waals surface area (Å²) >= 11 is 15.6. The zero-order chi connectivity index (χ0) is 39.6. The number of hydrogen-bond donors (Lipinski definition) is 0. The molecule has 0 heterocycles. The van der Waals surface area contributed by atoms with Crippen LogP contribution in [0.25, 0.3) is 0 Å². The van der Waals surface area contributed by atoms with Crippen molar-refractivity contribution in [3.05, 3.63) is 190 Å². The van der Waals surface area contributed by atoms with Crippen LogP contribution in [0.15, 0.2) is 146 Å². The van der Waals surface area contributed by atoms with Crippen molar-refractivity contribution >= 4 is 47.3 Å². The highest BCUT2D eigenvalue weighted by Gasteiger charge is 2.50. The van der Waals surface area contributed by atoms with Crippen LogP contribution in [0.3, 0.4) is 0 Å². The van der Waals surface area contributed by atoms with Crippen LogP contribution in [0.2, 0.25) is 10.0 Å². The molecule has 2 saturated carbocycles. The molecule has 292 valence electrons. The summed E-state index contributed by atoms with van der Waals surface area (Å²) in [6, 6.07) is 44.8. The zero-order valence-electron chi connectivity index (χ0n) is 31.5. The number of hydrogen-bond acceptors (Lipinski definition) is 5. The quantitative estimate of drug-likeness (QED) is 0.0905. The molecule has 2 fully saturated rings. The first-order valence-electron chi connectivity index (χ1n) is 19.2. The van der Waals surface area contributed by atoms with Crippen molar-refractivity contribution in [1.82, 2.24) is 0 Å². The van der Waals surface area contributed by atoms with E-state index in [1.165, 1.54) is 36.2 Å². The predicted molar refractivity (Wildman–Crippen MR) is 231 cm³/mol. The topological polar surface area (TPSA) is 27.7 Å². The first-order valence-corrected chi connectivity index (χ1v) is 21.4. The molecule has 0 N–H and O–H groups in total. The third-order valence-corrected chi connectivity index (χ3v) is 13.9. The Morgan fingerprint density at radius 3 is 1.25 bits per heavy atom. The summed E-state index contributed by atoms with van der Waals surface area (Å²) in [7, 11) is 0. The summed E-state index contributed by atoms with van der Waals surface area (Å²) in [4.78, 5) is 0. The van der Waals surface area contributed by atoms with E-state index in [9.17, 15) is 0 Å². The summed E-state index contributed by atoms with van der Waals surface area (Å²) in [5.74, 6) is 1.20. The van der Waals surface area contributed by atoms with Gasteiger partial charge in [-0.15, -0.1) is 0 Å². The highest BCUT2D eigenvalue weighted by Crippen LogP contribution is 2.63. The van der Waals surface area contributed by atoms with Gasteiger partial charge in [0.05, 0.1) is 9.49 Å². The van der Waals surface area contributed by atoms with E-state index in [0.29, 0.717) is 33.4 Å². The molecule has 2 aliphatic carbocycles. The van der Waals surface area contributed by atoms with E-state index in [0.717, 1.165) is 47.9 Å². The summed E-state index contributed by atoms with van der Waals surface area (Å²) in [6.45, 7) is 4.35. The van der Waals surface area contributed by atoms with Crippen molar-refractivity contribution in [1.29, 1.82) is 0 Å². The van der Waals surface area contributed by atoms with Gasteiger partial charge in [-0.1, -0.05) is 96.0 Å². The predicted octanol–water partition coefficient (Wildman–Crippen LogP) is 15.7. The van der Waals surface area contributed by atoms with Crippen molar-refractivity contribution in [2.75, 3.05) is 0 Å². The molecule has 0 amide bonds. The van der Waals surface area contributed by atoms with Crippen molar-refractivity contribution in [3.8, 4) is 23.0 Å². The lowest BCUT2D eigenvalue weighted by molar-refractivity contribution is 0.427. The maximum absolute atomic E-state index is 15.5. The smallest absolute Gasteiger partial charge is 0.165 e. The van der Waals surface area contributed by atoms with Gasteiger partial charge in [0, 0.05) is 46.0 Å². The van der Waals surface area contributed by atoms with Crippen LogP contribution in [0.1, 0.15) is 73.6 Å². The van der Waals surface area contributed by atoms with Crippen LogP contribution in [-0.4, -0.2) is 0 Å². The van der Waals surface area contributed by atoms with E-state index in [2.05, 4.69) is 38.1 Å². The second-order valence-electron chi connectivity index (χ2n) is 15.3. The molecular formula is C48H42Cl2F2O3S2. The van der Waals surface area contributed by atoms with Crippen molar-refractivity contribution in [2.45, 2.75) is 60.9 Å². The van der Waals surface area contributed by atoms with E-state index in [1.807, 2.05) is 109 Å². The Hall–Kier alpha value is -3.98. The third-order valence-electron chi connectivity index (χ3n) is 11.2. The third kappa shape index (κ3) is 9.04. The lowest BCUT2D eigenvalue weighted by atomic mass is 9.78. The van der Waals surface area contributed by atoms with Crippen molar-refractivity contribution < 1.29 is 21.9 Å². The van der Waals surface area contributed by atoms with Gasteiger partial charge in [-0.05, 0) is 146 Å². The van der Waals surface area contributed by atoms with Gasteiger partial charge in [-0.2, -0.15) is 0 Å². The molecule has 0 aliphatic heterocycles. The maximum atomic E-state index is 15.5. The Kier molecular flexibility index (Phi) is 11.9. The first-order chi connectivity index (χ1) is 27.6. The first kappa shape index (κ1) is 39.8. The lowest BCUT2D eigenvalue weighted by Gasteiger charge is -2.40. The standard InChI is InChI=1S/C48H42Cl2F2O3S2/c1-47(45(31-13-14-31)33-17-23-37(49)24-18-33,35-21-27-41(51)43(29-35)53-39-9-5-3-6-10-39)56-55-57-48(2,46(32-15-16-32)34-19-25-38(50)26-20-34)36-22-28-42(52)44(30-36)54-40-11-7-4-8-12-40/h3-12,17-32,45-46H,13-16H2,1-2H3. The molecule has 6 aromatic rings. The van der Waals surface area contributed by atoms with Gasteiger partial charge in [-0.3, -0.25) is 0 Å². The molecule has 9 heteroatoms. The van der Waals surface area contributed by atoms with Gasteiger partial charge in [0.15, 0.2) is 23.1 Å². The molecule has 4 unspecified atom stereocenters. The molecule has 6 aromatic carbocycles. The van der Waals surface area contributed by atoms with E-state index < -0.39 is 21.1 Å². The minimum atomic E-state index is -0.717. The van der Waals surface area contributed by atoms with E-state index in [1.54, 1.807) is 0 Å². The summed E-state index contributed by atoms with van der Waals surface area (Å²) in [5, 5.41) is 1.32. The van der Waals surface area contributed by atoms with Crippen LogP contribution in [-0.2, 0) is 13.1 Å². The molecule has 57 heavy (non-hydrogen) atoms. The number of para-hydroxylation sites is 2. The van der Waals surface area contributed by atoms with Crippen LogP contribution in [0.5, 0.6) is 23.0 Å². The van der Waals surface area contributed by atoms with E-state index in [-0.39, 0.29) is 23.3 Å². The molecule has 8 rings (SSSR count). The highest BCUT2D eigenvalue weighted by atomic mass is 35.5. The van der Waals surface area contributed by atoms with Crippen molar-refractivity contribution in [3.63, 3.8) is 0 Å². The zero-order valence-corrected chi connectivity index (χ0v) is 34.7. The Morgan fingerprint density at radius 1 is 0.526 bits per heavy atom. The molecular weight excluding hydrogens is 798 g/mol. The summed E-state index contributed by atoms with van der Waals surface area (Å²) in [6.07, 6.45) is 4.23. The average molecular weight is 840 g/mol. The Balaban J connectivity index is 1.19. The minimum absolute atomic E-state index is 0.00569. The van der Waals surface area contributed by atoms with Crippen LogP contribution in [0.4, 0.5) is 8.78 Å². The SMILES string of the molecule is CC(SOSC(C)(c1ccc(F)c(Oc2ccccc2)c1)C(c1ccc(Cl)cc1)C1CC1)(c1ccc(F)c(Oc2ccccc2)c1)C(c1ccc(Cl)cc1)C1CC1. The Morgan fingerprint density at radius 2 is 0.895 bits per heavy atom. The second kappa shape index (κ2) is 17.1. The lowest BCUT2D eigenvalue weighted by Crippen LogP contribution is -2.31. The summed E-state index contributed by atoms with van der Waals surface area (Å²) < 4.78 is 48.8. The van der Waals surface area contributed by atoms with Crippen molar-refractivity contribution in [2.24, 2.45) is 11.8 Å². The average Bonchev–Trinajstić information content (AvgIpc) is 4.16. The molecule has 0 saturated heterocycles. The van der Waals surface area contributed by atoms with Gasteiger partial charge < -0.3 is 9.47 Å². The fourth-order valence-electron chi connectivity index (χ4n) is 8.01. The highest BCUT2D eigenvalue weighted by molar-refractivity contribution is 8.08. The minimum Gasteiger partial charge on any atom is -0.454 e. The van der Waals surface area contributed by atoms with E-state index >= 15 is 8.78 Å². The summed E-state index contributed by atoms with van der Waals surface area (Å²) in [5.41, 5.74) is 3.99. The second-order valence-corrected chi connectivity index (χ2v) is 18.7. The number of ether oxygens (including phenoxy) is 2. The van der Waals surface area contributed by atoms with E-state index in [4.69, 9.17) is 36.3 Å². The van der Waals surface area contributed by atoms with Gasteiger partial charge >= 0.3 is 0 Å². The molecule has 0 spiro atoms. The molecule has 2 aliphatic rings.